The zero-order chi connectivity index (χ0) is 13.3. The number of aryl methyl sites for hydroxylation is 1. The fourth-order valence-electron chi connectivity index (χ4n) is 2.20. The van der Waals surface area contributed by atoms with Crippen molar-refractivity contribution >= 4 is 45.4 Å². The third-order valence-corrected chi connectivity index (χ3v) is 7.20. The van der Waals surface area contributed by atoms with Crippen LogP contribution >= 0.6 is 35.3 Å². The highest BCUT2D eigenvalue weighted by atomic mass is 35.5. The normalized spacial score (nSPS) is 21.1. The number of nitrogens with zero attached hydrogens (tertiary/aromatic N) is 1. The third-order valence-electron chi connectivity index (χ3n) is 3.24. The highest BCUT2D eigenvalue weighted by Crippen LogP contribution is 2.34. The number of hydrogen-bond acceptors (Lipinski definition) is 4. The van der Waals surface area contributed by atoms with E-state index in [2.05, 4.69) is 0 Å². The molecule has 2 rings (SSSR count). The Balaban J connectivity index is 0.00000180. The number of hydrogen-bond donors (Lipinski definition) is 1. The van der Waals surface area contributed by atoms with Gasteiger partial charge in [0.1, 0.15) is 4.21 Å². The number of halogens is 2. The summed E-state index contributed by atoms with van der Waals surface area (Å²) in [6.45, 7) is 2.74. The van der Waals surface area contributed by atoms with E-state index in [4.69, 9.17) is 17.3 Å². The summed E-state index contributed by atoms with van der Waals surface area (Å²) in [7, 11) is -3.44. The van der Waals surface area contributed by atoms with Gasteiger partial charge in [0.25, 0.3) is 10.0 Å². The van der Waals surface area contributed by atoms with Crippen LogP contribution < -0.4 is 5.73 Å². The summed E-state index contributed by atoms with van der Waals surface area (Å²) in [6, 6.07) is 1.56. The minimum Gasteiger partial charge on any atom is -0.329 e. The minimum atomic E-state index is -3.44. The Morgan fingerprint density at radius 2 is 2.21 bits per heavy atom. The van der Waals surface area contributed by atoms with Crippen molar-refractivity contribution in [3.05, 3.63) is 16.0 Å². The number of piperidine rings is 1. The van der Waals surface area contributed by atoms with E-state index in [1.807, 2.05) is 6.92 Å². The molecule has 0 saturated carbocycles. The van der Waals surface area contributed by atoms with E-state index in [0.29, 0.717) is 21.6 Å². The second-order valence-corrected chi connectivity index (χ2v) is 8.29. The van der Waals surface area contributed by atoms with Crippen LogP contribution in [-0.4, -0.2) is 31.9 Å². The number of thiophene rings is 1. The molecule has 0 amide bonds. The van der Waals surface area contributed by atoms with Gasteiger partial charge in [-0.05, 0) is 31.4 Å². The zero-order valence-corrected chi connectivity index (χ0v) is 13.8. The van der Waals surface area contributed by atoms with E-state index >= 15 is 0 Å². The summed E-state index contributed by atoms with van der Waals surface area (Å²) < 4.78 is 27.5. The van der Waals surface area contributed by atoms with Crippen LogP contribution in [0.1, 0.15) is 24.8 Å². The molecule has 2 N–H and O–H groups in total. The quantitative estimate of drug-likeness (QED) is 0.916. The molecule has 1 aromatic rings. The lowest BCUT2D eigenvalue weighted by atomic mass is 10.1. The van der Waals surface area contributed by atoms with Gasteiger partial charge in [-0.25, -0.2) is 8.42 Å². The molecule has 0 aliphatic carbocycles. The SMILES string of the molecule is Cc1cc(S(=O)(=O)N2CCCCC2CN)sc1Cl.Cl. The topological polar surface area (TPSA) is 63.4 Å². The standard InChI is InChI=1S/C11H17ClN2O2S2.ClH/c1-8-6-10(17-11(8)12)18(15,16)14-5-3-2-4-9(14)7-13;/h6,9H,2-5,7,13H2,1H3;1H. The van der Waals surface area contributed by atoms with Gasteiger partial charge < -0.3 is 5.73 Å². The van der Waals surface area contributed by atoms with Crippen LogP contribution in [0.25, 0.3) is 0 Å². The first-order valence-corrected chi connectivity index (χ1v) is 8.58. The maximum Gasteiger partial charge on any atom is 0.252 e. The average Bonchev–Trinajstić information content (AvgIpc) is 2.70. The molecule has 0 spiro atoms. The lowest BCUT2D eigenvalue weighted by molar-refractivity contribution is 0.258. The second kappa shape index (κ2) is 6.74. The number of sulfonamides is 1. The molecule has 1 unspecified atom stereocenters. The van der Waals surface area contributed by atoms with Crippen molar-refractivity contribution in [1.82, 2.24) is 4.31 Å². The van der Waals surface area contributed by atoms with Crippen molar-refractivity contribution in [2.45, 2.75) is 36.4 Å². The van der Waals surface area contributed by atoms with Gasteiger partial charge in [0.15, 0.2) is 0 Å². The summed E-state index contributed by atoms with van der Waals surface area (Å²) in [5.74, 6) is 0. The molecular formula is C11H18Cl2N2O2S2. The highest BCUT2D eigenvalue weighted by Gasteiger charge is 2.33. The van der Waals surface area contributed by atoms with Crippen LogP contribution in [0.15, 0.2) is 10.3 Å². The van der Waals surface area contributed by atoms with Crippen LogP contribution in [0.4, 0.5) is 0 Å². The number of rotatable bonds is 3. The van der Waals surface area contributed by atoms with E-state index in [1.54, 1.807) is 6.07 Å². The van der Waals surface area contributed by atoms with E-state index in [-0.39, 0.29) is 18.4 Å². The summed E-state index contributed by atoms with van der Waals surface area (Å²) in [5.41, 5.74) is 6.48. The molecule has 0 bridgehead atoms. The largest absolute Gasteiger partial charge is 0.329 e. The summed E-state index contributed by atoms with van der Waals surface area (Å²) in [5, 5.41) is 0. The highest BCUT2D eigenvalue weighted by molar-refractivity contribution is 7.91. The van der Waals surface area contributed by atoms with Crippen LogP contribution in [-0.2, 0) is 10.0 Å². The third kappa shape index (κ3) is 3.43. The molecule has 19 heavy (non-hydrogen) atoms. The monoisotopic (exact) mass is 344 g/mol. The molecule has 1 aliphatic rings. The lowest BCUT2D eigenvalue weighted by Crippen LogP contribution is -2.47. The maximum atomic E-state index is 12.5. The Hall–Kier alpha value is 0.150. The van der Waals surface area contributed by atoms with Gasteiger partial charge in [-0.15, -0.1) is 23.7 Å². The van der Waals surface area contributed by atoms with Crippen molar-refractivity contribution in [2.24, 2.45) is 5.73 Å². The summed E-state index contributed by atoms with van der Waals surface area (Å²) in [4.78, 5) is 0. The Morgan fingerprint density at radius 3 is 2.74 bits per heavy atom. The molecule has 0 aromatic carbocycles. The molecule has 1 aromatic heterocycles. The van der Waals surface area contributed by atoms with Gasteiger partial charge in [0.2, 0.25) is 0 Å². The molecule has 0 radical (unpaired) electrons. The van der Waals surface area contributed by atoms with Crippen molar-refractivity contribution in [3.8, 4) is 0 Å². The van der Waals surface area contributed by atoms with Gasteiger partial charge in [-0.1, -0.05) is 18.0 Å². The smallest absolute Gasteiger partial charge is 0.252 e. The zero-order valence-electron chi connectivity index (χ0n) is 10.6. The summed E-state index contributed by atoms with van der Waals surface area (Å²) >= 11 is 7.08. The molecule has 4 nitrogen and oxygen atoms in total. The van der Waals surface area contributed by atoms with E-state index < -0.39 is 10.0 Å². The van der Waals surface area contributed by atoms with Crippen molar-refractivity contribution < 1.29 is 8.42 Å². The Morgan fingerprint density at radius 1 is 1.53 bits per heavy atom. The predicted octanol–water partition coefficient (Wildman–Crippen LogP) is 2.63. The average molecular weight is 345 g/mol. The molecular weight excluding hydrogens is 327 g/mol. The van der Waals surface area contributed by atoms with Crippen molar-refractivity contribution in [2.75, 3.05) is 13.1 Å². The Bertz CT molecular complexity index is 511. The van der Waals surface area contributed by atoms with Crippen LogP contribution in [0.5, 0.6) is 0 Å². The molecule has 1 fully saturated rings. The van der Waals surface area contributed by atoms with E-state index in [0.717, 1.165) is 36.2 Å². The van der Waals surface area contributed by atoms with E-state index in [1.165, 1.54) is 4.31 Å². The van der Waals surface area contributed by atoms with Crippen LogP contribution in [0.3, 0.4) is 0 Å². The Labute approximate surface area is 129 Å². The first kappa shape index (κ1) is 17.2. The maximum absolute atomic E-state index is 12.5. The van der Waals surface area contributed by atoms with Gasteiger partial charge in [0, 0.05) is 19.1 Å². The molecule has 1 aliphatic heterocycles. The minimum absolute atomic E-state index is 0. The lowest BCUT2D eigenvalue weighted by Gasteiger charge is -2.33. The summed E-state index contributed by atoms with van der Waals surface area (Å²) in [6.07, 6.45) is 2.78. The van der Waals surface area contributed by atoms with Gasteiger partial charge in [-0.2, -0.15) is 4.31 Å². The van der Waals surface area contributed by atoms with E-state index in [9.17, 15) is 8.42 Å². The molecule has 110 valence electrons. The number of nitrogens with two attached hydrogens (primary N) is 1. The molecule has 1 atom stereocenters. The predicted molar refractivity (Wildman–Crippen MR) is 81.9 cm³/mol. The fraction of sp³-hybridized carbons (Fsp3) is 0.636. The van der Waals surface area contributed by atoms with Crippen LogP contribution in [0.2, 0.25) is 4.34 Å². The van der Waals surface area contributed by atoms with Gasteiger partial charge in [0.05, 0.1) is 4.34 Å². The van der Waals surface area contributed by atoms with Crippen molar-refractivity contribution in [3.63, 3.8) is 0 Å². The van der Waals surface area contributed by atoms with Gasteiger partial charge >= 0.3 is 0 Å². The second-order valence-electron chi connectivity index (χ2n) is 4.52. The first-order valence-electron chi connectivity index (χ1n) is 5.94. The molecule has 1 saturated heterocycles. The fourth-order valence-corrected chi connectivity index (χ4v) is 5.74. The van der Waals surface area contributed by atoms with Crippen molar-refractivity contribution in [1.29, 1.82) is 0 Å². The molecule has 8 heteroatoms. The van der Waals surface area contributed by atoms with Crippen LogP contribution in [0, 0.1) is 6.92 Å². The molecule has 2 heterocycles. The Kier molecular flexibility index (Phi) is 6.10. The first-order chi connectivity index (χ1) is 8.46. The van der Waals surface area contributed by atoms with Gasteiger partial charge in [-0.3, -0.25) is 0 Å².